The van der Waals surface area contributed by atoms with Gasteiger partial charge >= 0.3 is 0 Å². The zero-order valence-electron chi connectivity index (χ0n) is 11.3. The average Bonchev–Trinajstić information content (AvgIpc) is 2.22. The fraction of sp³-hybridized carbons (Fsp3) is 0.714. The number of nitrogens with zero attached hydrogens (tertiary/aromatic N) is 2. The summed E-state index contributed by atoms with van der Waals surface area (Å²) in [6.07, 6.45) is 5.68. The number of hydrogen-bond donors (Lipinski definition) is 1. The molecule has 2 unspecified atom stereocenters. The Morgan fingerprint density at radius 1 is 1.12 bits per heavy atom. The Kier molecular flexibility index (Phi) is 3.65. The number of anilines is 1. The first-order chi connectivity index (χ1) is 8.04. The molecular formula is C14H23N3. The normalized spacial score (nSPS) is 29.1. The van der Waals surface area contributed by atoms with E-state index in [2.05, 4.69) is 29.1 Å². The lowest BCUT2D eigenvalue weighted by molar-refractivity contribution is 0.280. The number of aromatic nitrogens is 2. The molecule has 1 aliphatic rings. The summed E-state index contributed by atoms with van der Waals surface area (Å²) in [5, 5.41) is 3.58. The third-order valence-electron chi connectivity index (χ3n) is 3.60. The van der Waals surface area contributed by atoms with Gasteiger partial charge in [-0.2, -0.15) is 0 Å². The highest BCUT2D eigenvalue weighted by Gasteiger charge is 2.24. The number of aryl methyl sites for hydroxylation is 2. The van der Waals surface area contributed by atoms with Crippen LogP contribution in [0.15, 0.2) is 6.20 Å². The van der Waals surface area contributed by atoms with E-state index in [4.69, 9.17) is 0 Å². The molecule has 0 amide bonds. The van der Waals surface area contributed by atoms with E-state index < -0.39 is 0 Å². The SMILES string of the molecule is Cc1cnc(C)c(NC2CC(C)CC(C)C2)n1. The smallest absolute Gasteiger partial charge is 0.147 e. The van der Waals surface area contributed by atoms with Gasteiger partial charge in [-0.15, -0.1) is 0 Å². The van der Waals surface area contributed by atoms with Crippen LogP contribution in [0.3, 0.4) is 0 Å². The van der Waals surface area contributed by atoms with Crippen LogP contribution in [0.1, 0.15) is 44.5 Å². The van der Waals surface area contributed by atoms with Crippen molar-refractivity contribution in [2.45, 2.75) is 53.0 Å². The maximum Gasteiger partial charge on any atom is 0.147 e. The van der Waals surface area contributed by atoms with Gasteiger partial charge in [0.05, 0.1) is 11.4 Å². The zero-order chi connectivity index (χ0) is 12.4. The Morgan fingerprint density at radius 2 is 1.76 bits per heavy atom. The molecule has 2 rings (SSSR count). The quantitative estimate of drug-likeness (QED) is 0.851. The predicted molar refractivity (Wildman–Crippen MR) is 71.1 cm³/mol. The monoisotopic (exact) mass is 233 g/mol. The van der Waals surface area contributed by atoms with Crippen molar-refractivity contribution in [2.24, 2.45) is 11.8 Å². The third-order valence-corrected chi connectivity index (χ3v) is 3.60. The molecular weight excluding hydrogens is 210 g/mol. The molecule has 1 aromatic heterocycles. The highest BCUT2D eigenvalue weighted by Crippen LogP contribution is 2.30. The minimum absolute atomic E-state index is 0.559. The second-order valence-electron chi connectivity index (χ2n) is 5.70. The molecule has 1 N–H and O–H groups in total. The van der Waals surface area contributed by atoms with Crippen LogP contribution in [-0.2, 0) is 0 Å². The summed E-state index contributed by atoms with van der Waals surface area (Å²) in [5.74, 6) is 2.60. The molecule has 1 aromatic rings. The minimum atomic E-state index is 0.559. The number of hydrogen-bond acceptors (Lipinski definition) is 3. The maximum atomic E-state index is 4.54. The van der Waals surface area contributed by atoms with Crippen molar-refractivity contribution in [2.75, 3.05) is 5.32 Å². The largest absolute Gasteiger partial charge is 0.366 e. The van der Waals surface area contributed by atoms with Crippen molar-refractivity contribution in [3.05, 3.63) is 17.6 Å². The second kappa shape index (κ2) is 5.03. The fourth-order valence-electron chi connectivity index (χ4n) is 2.93. The Balaban J connectivity index is 2.07. The molecule has 0 spiro atoms. The third kappa shape index (κ3) is 3.18. The Morgan fingerprint density at radius 3 is 2.41 bits per heavy atom. The maximum absolute atomic E-state index is 4.54. The minimum Gasteiger partial charge on any atom is -0.366 e. The van der Waals surface area contributed by atoms with E-state index in [0.717, 1.165) is 29.0 Å². The fourth-order valence-corrected chi connectivity index (χ4v) is 2.93. The molecule has 3 heteroatoms. The highest BCUT2D eigenvalue weighted by atomic mass is 15.0. The van der Waals surface area contributed by atoms with Crippen LogP contribution >= 0.6 is 0 Å². The first-order valence-electron chi connectivity index (χ1n) is 6.61. The lowest BCUT2D eigenvalue weighted by atomic mass is 9.80. The Hall–Kier alpha value is -1.12. The first kappa shape index (κ1) is 12.3. The molecule has 0 radical (unpaired) electrons. The summed E-state index contributed by atoms with van der Waals surface area (Å²) >= 11 is 0. The molecule has 1 saturated carbocycles. The van der Waals surface area contributed by atoms with Crippen molar-refractivity contribution >= 4 is 5.82 Å². The van der Waals surface area contributed by atoms with E-state index >= 15 is 0 Å². The van der Waals surface area contributed by atoms with E-state index in [-0.39, 0.29) is 0 Å². The molecule has 0 aliphatic heterocycles. The molecule has 3 nitrogen and oxygen atoms in total. The molecule has 0 saturated heterocycles. The molecule has 0 bridgehead atoms. The molecule has 17 heavy (non-hydrogen) atoms. The van der Waals surface area contributed by atoms with Gasteiger partial charge in [-0.05, 0) is 44.9 Å². The van der Waals surface area contributed by atoms with Gasteiger partial charge < -0.3 is 5.32 Å². The topological polar surface area (TPSA) is 37.8 Å². The summed E-state index contributed by atoms with van der Waals surface area (Å²) in [6, 6.07) is 0.559. The summed E-state index contributed by atoms with van der Waals surface area (Å²) < 4.78 is 0. The van der Waals surface area contributed by atoms with Crippen LogP contribution in [-0.4, -0.2) is 16.0 Å². The van der Waals surface area contributed by atoms with Crippen molar-refractivity contribution in [1.29, 1.82) is 0 Å². The molecule has 1 fully saturated rings. The van der Waals surface area contributed by atoms with Crippen molar-refractivity contribution in [1.82, 2.24) is 9.97 Å². The van der Waals surface area contributed by atoms with Crippen LogP contribution in [0.4, 0.5) is 5.82 Å². The zero-order valence-corrected chi connectivity index (χ0v) is 11.3. The first-order valence-corrected chi connectivity index (χ1v) is 6.61. The Labute approximate surface area is 104 Å². The van der Waals surface area contributed by atoms with Gasteiger partial charge in [0, 0.05) is 12.2 Å². The van der Waals surface area contributed by atoms with Gasteiger partial charge in [0.15, 0.2) is 0 Å². The standard InChI is InChI=1S/C14H23N3/c1-9-5-10(2)7-13(6-9)17-14-12(4)15-8-11(3)16-14/h8-10,13H,5-7H2,1-4H3,(H,16,17). The summed E-state index contributed by atoms with van der Waals surface area (Å²) in [7, 11) is 0. The van der Waals surface area contributed by atoms with E-state index in [0.29, 0.717) is 6.04 Å². The van der Waals surface area contributed by atoms with Crippen LogP contribution in [0.5, 0.6) is 0 Å². The lowest BCUT2D eigenvalue weighted by Gasteiger charge is -2.32. The van der Waals surface area contributed by atoms with Gasteiger partial charge in [0.25, 0.3) is 0 Å². The summed E-state index contributed by atoms with van der Waals surface area (Å²) in [6.45, 7) is 8.70. The number of rotatable bonds is 2. The van der Waals surface area contributed by atoms with Crippen molar-refractivity contribution in [3.8, 4) is 0 Å². The van der Waals surface area contributed by atoms with Gasteiger partial charge in [0.1, 0.15) is 5.82 Å². The van der Waals surface area contributed by atoms with Crippen LogP contribution in [0.2, 0.25) is 0 Å². The van der Waals surface area contributed by atoms with E-state index in [1.54, 1.807) is 0 Å². The predicted octanol–water partition coefficient (Wildman–Crippen LogP) is 3.33. The average molecular weight is 233 g/mol. The molecule has 0 aromatic carbocycles. The molecule has 1 heterocycles. The molecule has 1 aliphatic carbocycles. The van der Waals surface area contributed by atoms with Gasteiger partial charge in [0.2, 0.25) is 0 Å². The number of nitrogens with one attached hydrogen (secondary N) is 1. The van der Waals surface area contributed by atoms with E-state index in [1.807, 2.05) is 20.0 Å². The van der Waals surface area contributed by atoms with Gasteiger partial charge in [-0.1, -0.05) is 13.8 Å². The summed E-state index contributed by atoms with van der Waals surface area (Å²) in [5.41, 5.74) is 1.98. The highest BCUT2D eigenvalue weighted by molar-refractivity contribution is 5.40. The Bertz CT molecular complexity index is 379. The van der Waals surface area contributed by atoms with Crippen LogP contribution in [0, 0.1) is 25.7 Å². The van der Waals surface area contributed by atoms with Crippen molar-refractivity contribution < 1.29 is 0 Å². The van der Waals surface area contributed by atoms with Gasteiger partial charge in [-0.3, -0.25) is 4.98 Å². The van der Waals surface area contributed by atoms with Crippen LogP contribution in [0.25, 0.3) is 0 Å². The molecule has 2 atom stereocenters. The molecule has 94 valence electrons. The lowest BCUT2D eigenvalue weighted by Crippen LogP contribution is -2.31. The van der Waals surface area contributed by atoms with E-state index in [9.17, 15) is 0 Å². The van der Waals surface area contributed by atoms with E-state index in [1.165, 1.54) is 19.3 Å². The van der Waals surface area contributed by atoms with Gasteiger partial charge in [-0.25, -0.2) is 4.98 Å². The van der Waals surface area contributed by atoms with Crippen molar-refractivity contribution in [3.63, 3.8) is 0 Å². The summed E-state index contributed by atoms with van der Waals surface area (Å²) in [4.78, 5) is 8.90. The second-order valence-corrected chi connectivity index (χ2v) is 5.70. The van der Waals surface area contributed by atoms with Crippen LogP contribution < -0.4 is 5.32 Å².